The molecule has 0 spiro atoms. The van der Waals surface area contributed by atoms with Gasteiger partial charge < -0.3 is 15.2 Å². The number of anilines is 1. The Bertz CT molecular complexity index is 1790. The first-order chi connectivity index (χ1) is 19.2. The number of piperidine rings is 1. The Morgan fingerprint density at radius 1 is 0.846 bits per heavy atom. The molecule has 1 aliphatic heterocycles. The van der Waals surface area contributed by atoms with Crippen LogP contribution < -0.4 is 5.32 Å². The molecule has 192 valence electrons. The first-order valence-electron chi connectivity index (χ1n) is 13.3. The predicted octanol–water partition coefficient (Wildman–Crippen LogP) is 6.60. The molecular weight excluding hydrogens is 484 g/mol. The van der Waals surface area contributed by atoms with Gasteiger partial charge in [-0.05, 0) is 55.2 Å². The number of pyridine rings is 3. The fraction of sp³-hybridized carbons (Fsp3) is 0.161. The molecule has 6 aromatic rings. The fourth-order valence-electron chi connectivity index (χ4n) is 5.40. The molecule has 0 radical (unpaired) electrons. The van der Waals surface area contributed by atoms with E-state index in [9.17, 15) is 0 Å². The largest absolute Gasteiger partial charge is 0.359 e. The predicted molar refractivity (Wildman–Crippen MR) is 156 cm³/mol. The Hall–Kier alpha value is -4.98. The van der Waals surface area contributed by atoms with E-state index in [0.29, 0.717) is 5.65 Å². The molecule has 0 atom stereocenters. The maximum Gasteiger partial charge on any atom is 0.181 e. The lowest BCUT2D eigenvalue weighted by Gasteiger charge is -2.30. The van der Waals surface area contributed by atoms with E-state index in [2.05, 4.69) is 89.4 Å². The van der Waals surface area contributed by atoms with E-state index in [-0.39, 0.29) is 0 Å². The standard InChI is InChI=1S/C31H28N8/c1-20(39-11-3-2-4-12-39)35-24-13-22(17-33-19-24)23-14-27-30(37-38-31(27)34-18-23)29-15-26-25(8-5-9-28(26)36-29)21-7-6-10-32-16-21/h5-10,13-19,35-36H,1-4,11-12H2,(H,34,37,38). The van der Waals surface area contributed by atoms with Crippen molar-refractivity contribution >= 4 is 27.6 Å². The zero-order valence-electron chi connectivity index (χ0n) is 21.5. The Morgan fingerprint density at radius 3 is 2.59 bits per heavy atom. The number of nitrogens with one attached hydrogen (secondary N) is 3. The molecule has 0 unspecified atom stereocenters. The molecule has 7 rings (SSSR count). The molecule has 0 bridgehead atoms. The second-order valence-corrected chi connectivity index (χ2v) is 9.97. The quantitative estimate of drug-likeness (QED) is 0.233. The summed E-state index contributed by atoms with van der Waals surface area (Å²) in [6, 6.07) is 16.7. The number of rotatable bonds is 6. The first kappa shape index (κ1) is 23.2. The maximum atomic E-state index is 4.65. The van der Waals surface area contributed by atoms with Crippen LogP contribution in [0.25, 0.3) is 55.6 Å². The summed E-state index contributed by atoms with van der Waals surface area (Å²) >= 11 is 0. The first-order valence-corrected chi connectivity index (χ1v) is 13.3. The van der Waals surface area contributed by atoms with Crippen LogP contribution in [0.1, 0.15) is 19.3 Å². The second kappa shape index (κ2) is 9.72. The number of H-pyrrole nitrogens is 2. The molecule has 5 aromatic heterocycles. The van der Waals surface area contributed by atoms with Gasteiger partial charge >= 0.3 is 0 Å². The third-order valence-electron chi connectivity index (χ3n) is 7.41. The molecule has 8 heteroatoms. The number of nitrogens with zero attached hydrogens (tertiary/aromatic N) is 5. The average molecular weight is 513 g/mol. The number of fused-ring (bicyclic) bond motifs is 2. The number of benzene rings is 1. The minimum absolute atomic E-state index is 0.667. The van der Waals surface area contributed by atoms with Gasteiger partial charge in [0, 0.05) is 70.9 Å². The molecule has 0 saturated carbocycles. The minimum atomic E-state index is 0.667. The van der Waals surface area contributed by atoms with E-state index < -0.39 is 0 Å². The van der Waals surface area contributed by atoms with Crippen molar-refractivity contribution in [1.82, 2.24) is 35.0 Å². The van der Waals surface area contributed by atoms with Crippen molar-refractivity contribution in [2.24, 2.45) is 0 Å². The Labute approximate surface area is 225 Å². The number of hydrogen-bond donors (Lipinski definition) is 3. The smallest absolute Gasteiger partial charge is 0.181 e. The van der Waals surface area contributed by atoms with Crippen LogP contribution in [-0.2, 0) is 0 Å². The van der Waals surface area contributed by atoms with Gasteiger partial charge in [-0.2, -0.15) is 5.10 Å². The van der Waals surface area contributed by atoms with Gasteiger partial charge in [0.1, 0.15) is 0 Å². The van der Waals surface area contributed by atoms with Crippen LogP contribution in [0.2, 0.25) is 0 Å². The maximum absolute atomic E-state index is 4.65. The highest BCUT2D eigenvalue weighted by Gasteiger charge is 2.16. The Balaban J connectivity index is 1.23. The average Bonchev–Trinajstić information content (AvgIpc) is 3.62. The summed E-state index contributed by atoms with van der Waals surface area (Å²) in [7, 11) is 0. The highest BCUT2D eigenvalue weighted by molar-refractivity contribution is 6.01. The molecule has 1 saturated heterocycles. The van der Waals surface area contributed by atoms with Gasteiger partial charge in [-0.25, -0.2) is 4.98 Å². The van der Waals surface area contributed by atoms with Gasteiger partial charge in [-0.1, -0.05) is 24.8 Å². The third kappa shape index (κ3) is 4.40. The van der Waals surface area contributed by atoms with Crippen molar-refractivity contribution in [3.63, 3.8) is 0 Å². The van der Waals surface area contributed by atoms with Gasteiger partial charge in [0.05, 0.1) is 29.1 Å². The molecule has 0 amide bonds. The lowest BCUT2D eigenvalue weighted by Crippen LogP contribution is -2.31. The Kier molecular flexibility index (Phi) is 5.77. The van der Waals surface area contributed by atoms with E-state index in [1.807, 2.05) is 30.9 Å². The van der Waals surface area contributed by atoms with Gasteiger partial charge in [-0.3, -0.25) is 15.1 Å². The molecule has 1 aliphatic rings. The number of likely N-dealkylation sites (tertiary alicyclic amines) is 1. The summed E-state index contributed by atoms with van der Waals surface area (Å²) in [5.74, 6) is 0.920. The van der Waals surface area contributed by atoms with Crippen LogP contribution in [-0.4, -0.2) is 48.1 Å². The van der Waals surface area contributed by atoms with Crippen molar-refractivity contribution in [1.29, 1.82) is 0 Å². The highest BCUT2D eigenvalue weighted by Crippen LogP contribution is 2.34. The Morgan fingerprint density at radius 2 is 1.72 bits per heavy atom. The van der Waals surface area contributed by atoms with Gasteiger partial charge in [0.2, 0.25) is 0 Å². The number of aromatic nitrogens is 6. The molecular formula is C31H28N8. The van der Waals surface area contributed by atoms with Gasteiger partial charge in [-0.15, -0.1) is 0 Å². The zero-order valence-corrected chi connectivity index (χ0v) is 21.5. The molecule has 1 fully saturated rings. The fourth-order valence-corrected chi connectivity index (χ4v) is 5.40. The number of aromatic amines is 2. The normalized spacial score (nSPS) is 13.7. The van der Waals surface area contributed by atoms with Crippen molar-refractivity contribution in [2.75, 3.05) is 18.4 Å². The summed E-state index contributed by atoms with van der Waals surface area (Å²) in [4.78, 5) is 19.3. The van der Waals surface area contributed by atoms with E-state index >= 15 is 0 Å². The second-order valence-electron chi connectivity index (χ2n) is 9.97. The summed E-state index contributed by atoms with van der Waals surface area (Å²) in [5.41, 5.74) is 8.64. The lowest BCUT2D eigenvalue weighted by atomic mass is 10.0. The summed E-state index contributed by atoms with van der Waals surface area (Å²) in [6.07, 6.45) is 12.9. The summed E-state index contributed by atoms with van der Waals surface area (Å²) in [5, 5.41) is 13.2. The summed E-state index contributed by atoms with van der Waals surface area (Å²) < 4.78 is 0. The van der Waals surface area contributed by atoms with E-state index in [1.54, 1.807) is 6.20 Å². The van der Waals surface area contributed by atoms with Gasteiger partial charge in [0.15, 0.2) is 5.65 Å². The molecule has 1 aromatic carbocycles. The molecule has 3 N–H and O–H groups in total. The van der Waals surface area contributed by atoms with Crippen molar-refractivity contribution in [3.8, 4) is 33.6 Å². The van der Waals surface area contributed by atoms with E-state index in [4.69, 9.17) is 0 Å². The van der Waals surface area contributed by atoms with Gasteiger partial charge in [0.25, 0.3) is 0 Å². The van der Waals surface area contributed by atoms with E-state index in [0.717, 1.165) is 74.5 Å². The third-order valence-corrected chi connectivity index (χ3v) is 7.41. The van der Waals surface area contributed by atoms with Crippen molar-refractivity contribution in [2.45, 2.75) is 19.3 Å². The zero-order chi connectivity index (χ0) is 26.2. The molecule has 8 nitrogen and oxygen atoms in total. The topological polar surface area (TPSA) is 98.4 Å². The molecule has 39 heavy (non-hydrogen) atoms. The van der Waals surface area contributed by atoms with Crippen molar-refractivity contribution < 1.29 is 0 Å². The lowest BCUT2D eigenvalue weighted by molar-refractivity contribution is 0.289. The molecule has 6 heterocycles. The minimum Gasteiger partial charge on any atom is -0.359 e. The van der Waals surface area contributed by atoms with Crippen LogP contribution in [0.15, 0.2) is 91.9 Å². The van der Waals surface area contributed by atoms with Crippen LogP contribution >= 0.6 is 0 Å². The summed E-state index contributed by atoms with van der Waals surface area (Å²) in [6.45, 7) is 6.34. The van der Waals surface area contributed by atoms with Crippen LogP contribution in [0.4, 0.5) is 5.69 Å². The van der Waals surface area contributed by atoms with Crippen LogP contribution in [0.3, 0.4) is 0 Å². The van der Waals surface area contributed by atoms with Crippen LogP contribution in [0.5, 0.6) is 0 Å². The number of hydrogen-bond acceptors (Lipinski definition) is 6. The van der Waals surface area contributed by atoms with E-state index in [1.165, 1.54) is 19.3 Å². The van der Waals surface area contributed by atoms with Crippen molar-refractivity contribution in [3.05, 3.63) is 91.9 Å². The monoisotopic (exact) mass is 512 g/mol. The molecule has 0 aliphatic carbocycles. The highest BCUT2D eigenvalue weighted by atomic mass is 15.2. The SMILES string of the molecule is C=C(Nc1cncc(-c2cnc3n[nH]c(-c4cc5c(-c6cccnc6)cccc5[nH]4)c3c2)c1)N1CCCCC1. The van der Waals surface area contributed by atoms with Crippen LogP contribution in [0, 0.1) is 0 Å².